The quantitative estimate of drug-likeness (QED) is 0.295. The fourth-order valence-electron chi connectivity index (χ4n) is 7.96. The standard InChI is InChI=1S/C32H44N4O7/c1-5-36(6-2)25-18(16-35-11-9-7-8-10-12-35)15-21(37)23-19(25)13-17-14-20-26(34(3)4)28(39)24(31(33)42)30(41)32(20,43)29(40)22(17)27(23)38/h15,17,20,26,37,39-40,43H,5-14,16H2,1-4H3,(H2,33,42)/t17-,20-,26-,32-/m0/s1. The molecular formula is C32H44N4O7. The molecule has 6 N–H and O–H groups in total. The topological polar surface area (TPSA) is 168 Å². The molecule has 1 aliphatic heterocycles. The summed E-state index contributed by atoms with van der Waals surface area (Å²) in [7, 11) is 3.25. The number of allylic oxidation sites excluding steroid dienone is 1. The van der Waals surface area contributed by atoms with Crippen LogP contribution in [0, 0.1) is 11.8 Å². The number of likely N-dealkylation sites (tertiary alicyclic amines) is 1. The molecule has 0 bridgehead atoms. The van der Waals surface area contributed by atoms with E-state index >= 15 is 0 Å². The van der Waals surface area contributed by atoms with Crippen molar-refractivity contribution >= 4 is 23.2 Å². The second-order valence-corrected chi connectivity index (χ2v) is 12.6. The van der Waals surface area contributed by atoms with Gasteiger partial charge in [-0.05, 0) is 89.8 Å². The van der Waals surface area contributed by atoms with Crippen molar-refractivity contribution in [3.8, 4) is 5.75 Å². The van der Waals surface area contributed by atoms with Gasteiger partial charge in [0.25, 0.3) is 5.91 Å². The van der Waals surface area contributed by atoms with Crippen LogP contribution in [0.25, 0.3) is 0 Å². The summed E-state index contributed by atoms with van der Waals surface area (Å²) in [5, 5.41) is 45.8. The summed E-state index contributed by atoms with van der Waals surface area (Å²) in [6.45, 7) is 8.01. The molecule has 4 aliphatic rings. The Kier molecular flexibility index (Phi) is 8.36. The first kappa shape index (κ1) is 31.0. The number of hydrogen-bond acceptors (Lipinski definition) is 10. The van der Waals surface area contributed by atoms with Crippen LogP contribution in [0.2, 0.25) is 0 Å². The van der Waals surface area contributed by atoms with Crippen molar-refractivity contribution in [3.05, 3.63) is 45.4 Å². The van der Waals surface area contributed by atoms with E-state index in [0.29, 0.717) is 25.2 Å². The number of aliphatic hydroxyl groups excluding tert-OH is 2. The minimum atomic E-state index is -2.64. The number of Topliss-reactive ketones (excluding diaryl/α,β-unsaturated/α-hetero) is 2. The van der Waals surface area contributed by atoms with Gasteiger partial charge in [0.1, 0.15) is 22.8 Å². The number of benzene rings is 1. The highest BCUT2D eigenvalue weighted by atomic mass is 16.3. The van der Waals surface area contributed by atoms with Gasteiger partial charge in [0.05, 0.1) is 11.6 Å². The average molecular weight is 597 g/mol. The highest BCUT2D eigenvalue weighted by Crippen LogP contribution is 2.53. The van der Waals surface area contributed by atoms with Crippen molar-refractivity contribution < 1.29 is 34.8 Å². The van der Waals surface area contributed by atoms with E-state index in [9.17, 15) is 34.8 Å². The molecule has 3 aliphatic carbocycles. The second-order valence-electron chi connectivity index (χ2n) is 12.6. The van der Waals surface area contributed by atoms with Gasteiger partial charge in [0.15, 0.2) is 11.4 Å². The Morgan fingerprint density at radius 2 is 1.70 bits per heavy atom. The van der Waals surface area contributed by atoms with Gasteiger partial charge in [0.2, 0.25) is 5.78 Å². The number of likely N-dealkylation sites (N-methyl/N-ethyl adjacent to an activating group) is 1. The molecule has 4 atom stereocenters. The zero-order valence-corrected chi connectivity index (χ0v) is 25.5. The number of primary amides is 1. The summed E-state index contributed by atoms with van der Waals surface area (Å²) in [6, 6.07) is 0.628. The Morgan fingerprint density at radius 1 is 1.07 bits per heavy atom. The number of rotatable bonds is 7. The minimum absolute atomic E-state index is 0.0577. The van der Waals surface area contributed by atoms with Crippen molar-refractivity contribution in [1.29, 1.82) is 0 Å². The van der Waals surface area contributed by atoms with Gasteiger partial charge in [-0.15, -0.1) is 0 Å². The van der Waals surface area contributed by atoms with E-state index in [-0.39, 0.29) is 29.7 Å². The maximum absolute atomic E-state index is 14.2. The molecule has 11 heteroatoms. The third-order valence-electron chi connectivity index (χ3n) is 9.95. The van der Waals surface area contributed by atoms with Crippen molar-refractivity contribution in [1.82, 2.24) is 9.80 Å². The monoisotopic (exact) mass is 596 g/mol. The smallest absolute Gasteiger partial charge is 0.255 e. The number of carbonyl (C=O) groups is 3. The number of hydrogen-bond donors (Lipinski definition) is 5. The maximum Gasteiger partial charge on any atom is 0.255 e. The minimum Gasteiger partial charge on any atom is -0.510 e. The first-order valence-electron chi connectivity index (χ1n) is 15.4. The summed E-state index contributed by atoms with van der Waals surface area (Å²) in [4.78, 5) is 46.1. The molecule has 11 nitrogen and oxygen atoms in total. The summed E-state index contributed by atoms with van der Waals surface area (Å²) < 4.78 is 0. The Bertz CT molecular complexity index is 1400. The molecule has 0 aromatic heterocycles. The molecule has 234 valence electrons. The largest absolute Gasteiger partial charge is 0.510 e. The van der Waals surface area contributed by atoms with Crippen molar-refractivity contribution in [2.45, 2.75) is 70.6 Å². The number of carbonyl (C=O) groups excluding carboxylic acids is 3. The van der Waals surface area contributed by atoms with Crippen LogP contribution in [0.3, 0.4) is 0 Å². The van der Waals surface area contributed by atoms with Crippen LogP contribution in [-0.2, 0) is 22.6 Å². The van der Waals surface area contributed by atoms with Crippen LogP contribution >= 0.6 is 0 Å². The van der Waals surface area contributed by atoms with E-state index < -0.39 is 58.0 Å². The molecule has 1 fully saturated rings. The predicted molar refractivity (Wildman–Crippen MR) is 161 cm³/mol. The third kappa shape index (κ3) is 4.81. The first-order chi connectivity index (χ1) is 20.4. The maximum atomic E-state index is 14.2. The molecule has 1 heterocycles. The Labute approximate surface area is 252 Å². The van der Waals surface area contributed by atoms with E-state index in [1.807, 2.05) is 13.8 Å². The van der Waals surface area contributed by atoms with E-state index in [4.69, 9.17) is 5.73 Å². The van der Waals surface area contributed by atoms with Gasteiger partial charge in [-0.1, -0.05) is 12.8 Å². The van der Waals surface area contributed by atoms with Crippen LogP contribution in [-0.4, -0.2) is 99.6 Å². The lowest BCUT2D eigenvalue weighted by molar-refractivity contribution is -0.148. The number of ketones is 2. The summed E-state index contributed by atoms with van der Waals surface area (Å²) >= 11 is 0. The highest BCUT2D eigenvalue weighted by Gasteiger charge is 2.63. The molecular weight excluding hydrogens is 552 g/mol. The molecule has 43 heavy (non-hydrogen) atoms. The average Bonchev–Trinajstić information content (AvgIpc) is 3.21. The van der Waals surface area contributed by atoms with Gasteiger partial charge in [-0.2, -0.15) is 0 Å². The number of aromatic hydroxyl groups is 1. The van der Waals surface area contributed by atoms with Crippen LogP contribution in [0.1, 0.15) is 67.4 Å². The van der Waals surface area contributed by atoms with Gasteiger partial charge >= 0.3 is 0 Å². The van der Waals surface area contributed by atoms with E-state index in [2.05, 4.69) is 9.80 Å². The molecule has 1 aromatic carbocycles. The number of aliphatic hydroxyl groups is 3. The summed E-state index contributed by atoms with van der Waals surface area (Å²) in [6.07, 6.45) is 4.96. The van der Waals surface area contributed by atoms with Gasteiger partial charge in [0, 0.05) is 36.8 Å². The van der Waals surface area contributed by atoms with Gasteiger partial charge in [-0.25, -0.2) is 0 Å². The van der Waals surface area contributed by atoms with Crippen LogP contribution < -0.4 is 10.6 Å². The molecule has 0 spiro atoms. The van der Waals surface area contributed by atoms with Crippen LogP contribution in [0.4, 0.5) is 5.69 Å². The molecule has 0 saturated carbocycles. The SMILES string of the molecule is CCN(CC)c1c(CN2CCCCCC2)cc(O)c2c1C[C@H]1C[C@H]3[C@H](N(C)C)C(O)=C(C(N)=O)C(=O)[C@@]3(O)C(O)=C1C2=O. The lowest BCUT2D eigenvalue weighted by Gasteiger charge is -2.50. The Balaban J connectivity index is 1.68. The molecule has 0 unspecified atom stereocenters. The van der Waals surface area contributed by atoms with Crippen LogP contribution in [0.15, 0.2) is 28.7 Å². The van der Waals surface area contributed by atoms with Gasteiger partial charge < -0.3 is 31.1 Å². The number of anilines is 1. The Morgan fingerprint density at radius 3 is 2.26 bits per heavy atom. The lowest BCUT2D eigenvalue weighted by atomic mass is 9.58. The lowest BCUT2D eigenvalue weighted by Crippen LogP contribution is -2.63. The molecule has 0 radical (unpaired) electrons. The van der Waals surface area contributed by atoms with Crippen molar-refractivity contribution in [3.63, 3.8) is 0 Å². The number of nitrogens with zero attached hydrogens (tertiary/aromatic N) is 3. The normalized spacial score (nSPS) is 28.0. The molecule has 1 amide bonds. The predicted octanol–water partition coefficient (Wildman–Crippen LogP) is 2.34. The molecule has 1 saturated heterocycles. The van der Waals surface area contributed by atoms with E-state index in [1.54, 1.807) is 25.1 Å². The fourth-order valence-corrected chi connectivity index (χ4v) is 7.96. The number of phenolic OH excluding ortho intramolecular Hbond substituents is 1. The first-order valence-corrected chi connectivity index (χ1v) is 15.4. The number of fused-ring (bicyclic) bond motifs is 3. The van der Waals surface area contributed by atoms with E-state index in [1.165, 1.54) is 12.8 Å². The Hall–Kier alpha value is -3.41. The number of phenols is 1. The second kappa shape index (κ2) is 11.6. The van der Waals surface area contributed by atoms with Crippen molar-refractivity contribution in [2.24, 2.45) is 17.6 Å². The summed E-state index contributed by atoms with van der Waals surface area (Å²) in [5.41, 5.74) is 4.42. The zero-order valence-electron chi connectivity index (χ0n) is 25.5. The third-order valence-corrected chi connectivity index (χ3v) is 9.95. The van der Waals surface area contributed by atoms with Crippen LogP contribution in [0.5, 0.6) is 5.75 Å². The number of amides is 1. The highest BCUT2D eigenvalue weighted by molar-refractivity contribution is 6.24. The molecule has 1 aromatic rings. The zero-order chi connectivity index (χ0) is 31.4. The molecule has 5 rings (SSSR count). The van der Waals surface area contributed by atoms with E-state index in [0.717, 1.165) is 37.2 Å². The number of nitrogens with two attached hydrogens (primary N) is 1. The fraction of sp³-hybridized carbons (Fsp3) is 0.594. The van der Waals surface area contributed by atoms with Crippen molar-refractivity contribution in [2.75, 3.05) is 45.2 Å². The summed E-state index contributed by atoms with van der Waals surface area (Å²) in [5.74, 6) is -6.40. The van der Waals surface area contributed by atoms with Gasteiger partial charge in [-0.3, -0.25) is 24.2 Å².